The SMILES string of the molecule is CCC1(CNCc2ccc(N)c(Br)c2)CC1. The minimum Gasteiger partial charge on any atom is -0.398 e. The Hall–Kier alpha value is -0.540. The lowest BCUT2D eigenvalue weighted by molar-refractivity contribution is 0.443. The normalized spacial score (nSPS) is 17.4. The first kappa shape index (κ1) is 11.9. The number of hydrogen-bond acceptors (Lipinski definition) is 2. The van der Waals surface area contributed by atoms with Crippen molar-refractivity contribution >= 4 is 21.6 Å². The molecule has 0 aliphatic heterocycles. The van der Waals surface area contributed by atoms with Crippen LogP contribution in [-0.2, 0) is 6.54 Å². The molecule has 1 aliphatic rings. The molecule has 1 aliphatic carbocycles. The molecular formula is C13H19BrN2. The first-order chi connectivity index (χ1) is 7.65. The smallest absolute Gasteiger partial charge is 0.0458 e. The van der Waals surface area contributed by atoms with Crippen molar-refractivity contribution in [2.24, 2.45) is 5.41 Å². The molecule has 2 rings (SSSR count). The predicted molar refractivity (Wildman–Crippen MR) is 72.2 cm³/mol. The highest BCUT2D eigenvalue weighted by Crippen LogP contribution is 2.47. The van der Waals surface area contributed by atoms with Gasteiger partial charge in [0, 0.05) is 23.2 Å². The number of nitrogen functional groups attached to an aromatic ring is 1. The van der Waals surface area contributed by atoms with Crippen molar-refractivity contribution in [1.82, 2.24) is 5.32 Å². The van der Waals surface area contributed by atoms with Crippen molar-refractivity contribution in [2.45, 2.75) is 32.7 Å². The lowest BCUT2D eigenvalue weighted by Crippen LogP contribution is -2.23. The largest absolute Gasteiger partial charge is 0.398 e. The maximum atomic E-state index is 5.75. The summed E-state index contributed by atoms with van der Waals surface area (Å²) in [6, 6.07) is 6.13. The summed E-state index contributed by atoms with van der Waals surface area (Å²) in [7, 11) is 0. The van der Waals surface area contributed by atoms with Crippen LogP contribution in [0.25, 0.3) is 0 Å². The molecule has 0 radical (unpaired) electrons. The van der Waals surface area contributed by atoms with Gasteiger partial charge in [0.15, 0.2) is 0 Å². The minimum atomic E-state index is 0.616. The van der Waals surface area contributed by atoms with Crippen LogP contribution in [0.15, 0.2) is 22.7 Å². The first-order valence-electron chi connectivity index (χ1n) is 5.90. The van der Waals surface area contributed by atoms with Gasteiger partial charge in [-0.3, -0.25) is 0 Å². The van der Waals surface area contributed by atoms with Crippen molar-refractivity contribution in [3.63, 3.8) is 0 Å². The molecule has 88 valence electrons. The van der Waals surface area contributed by atoms with Crippen LogP contribution in [-0.4, -0.2) is 6.54 Å². The van der Waals surface area contributed by atoms with Gasteiger partial charge in [-0.2, -0.15) is 0 Å². The number of halogens is 1. The zero-order chi connectivity index (χ0) is 11.6. The van der Waals surface area contributed by atoms with E-state index >= 15 is 0 Å². The van der Waals surface area contributed by atoms with Crippen molar-refractivity contribution in [1.29, 1.82) is 0 Å². The van der Waals surface area contributed by atoms with Gasteiger partial charge in [-0.05, 0) is 58.3 Å². The third-order valence-electron chi connectivity index (χ3n) is 3.60. The molecule has 0 spiro atoms. The van der Waals surface area contributed by atoms with E-state index in [0.29, 0.717) is 5.41 Å². The quantitative estimate of drug-likeness (QED) is 0.814. The standard InChI is InChI=1S/C13H19BrN2/c1-2-13(5-6-13)9-16-8-10-3-4-12(15)11(14)7-10/h3-4,7,16H,2,5-6,8-9,15H2,1H3. The van der Waals surface area contributed by atoms with E-state index < -0.39 is 0 Å². The molecule has 0 aromatic heterocycles. The summed E-state index contributed by atoms with van der Waals surface area (Å²) < 4.78 is 0.989. The number of anilines is 1. The van der Waals surface area contributed by atoms with Crippen LogP contribution in [0, 0.1) is 5.41 Å². The second-order valence-corrected chi connectivity index (χ2v) is 5.67. The maximum absolute atomic E-state index is 5.75. The average molecular weight is 283 g/mol. The summed E-state index contributed by atoms with van der Waals surface area (Å²) in [6.07, 6.45) is 4.08. The van der Waals surface area contributed by atoms with Gasteiger partial charge in [-0.1, -0.05) is 13.0 Å². The summed E-state index contributed by atoms with van der Waals surface area (Å²) in [5.74, 6) is 0. The molecule has 3 N–H and O–H groups in total. The predicted octanol–water partition coefficient (Wildman–Crippen LogP) is 3.31. The Labute approximate surface area is 106 Å². The fourth-order valence-electron chi connectivity index (χ4n) is 1.98. The number of nitrogens with two attached hydrogens (primary N) is 1. The Morgan fingerprint density at radius 2 is 2.19 bits per heavy atom. The van der Waals surface area contributed by atoms with E-state index in [1.807, 2.05) is 6.07 Å². The molecule has 0 amide bonds. The molecule has 1 fully saturated rings. The molecule has 1 aromatic carbocycles. The molecule has 3 heteroatoms. The van der Waals surface area contributed by atoms with Crippen LogP contribution in [0.1, 0.15) is 31.7 Å². The van der Waals surface area contributed by atoms with E-state index in [4.69, 9.17) is 5.73 Å². The number of nitrogens with one attached hydrogen (secondary N) is 1. The highest BCUT2D eigenvalue weighted by atomic mass is 79.9. The second-order valence-electron chi connectivity index (χ2n) is 4.81. The number of benzene rings is 1. The van der Waals surface area contributed by atoms with Crippen LogP contribution in [0.2, 0.25) is 0 Å². The lowest BCUT2D eigenvalue weighted by atomic mass is 10.0. The first-order valence-corrected chi connectivity index (χ1v) is 6.69. The van der Waals surface area contributed by atoms with Crippen molar-refractivity contribution in [2.75, 3.05) is 12.3 Å². The Kier molecular flexibility index (Phi) is 3.55. The van der Waals surface area contributed by atoms with Crippen LogP contribution in [0.4, 0.5) is 5.69 Å². The molecule has 0 heterocycles. The van der Waals surface area contributed by atoms with E-state index in [1.54, 1.807) is 0 Å². The summed E-state index contributed by atoms with van der Waals surface area (Å²) >= 11 is 3.45. The zero-order valence-corrected chi connectivity index (χ0v) is 11.3. The fraction of sp³-hybridized carbons (Fsp3) is 0.538. The van der Waals surface area contributed by atoms with Crippen LogP contribution >= 0.6 is 15.9 Å². The van der Waals surface area contributed by atoms with Gasteiger partial charge >= 0.3 is 0 Å². The lowest BCUT2D eigenvalue weighted by Gasteiger charge is -2.13. The van der Waals surface area contributed by atoms with Gasteiger partial charge in [0.25, 0.3) is 0 Å². The summed E-state index contributed by atoms with van der Waals surface area (Å²) in [5.41, 5.74) is 8.45. The van der Waals surface area contributed by atoms with Crippen LogP contribution < -0.4 is 11.1 Å². The Bertz CT molecular complexity index is 372. The van der Waals surface area contributed by atoms with Crippen LogP contribution in [0.5, 0.6) is 0 Å². The van der Waals surface area contributed by atoms with Gasteiger partial charge in [0.2, 0.25) is 0 Å². The van der Waals surface area contributed by atoms with E-state index in [9.17, 15) is 0 Å². The van der Waals surface area contributed by atoms with Gasteiger partial charge < -0.3 is 11.1 Å². The maximum Gasteiger partial charge on any atom is 0.0458 e. The highest BCUT2D eigenvalue weighted by molar-refractivity contribution is 9.10. The van der Waals surface area contributed by atoms with E-state index in [0.717, 1.165) is 23.2 Å². The molecule has 2 nitrogen and oxygen atoms in total. The number of rotatable bonds is 5. The fourth-order valence-corrected chi connectivity index (χ4v) is 2.41. The van der Waals surface area contributed by atoms with E-state index in [-0.39, 0.29) is 0 Å². The van der Waals surface area contributed by atoms with Gasteiger partial charge in [0.05, 0.1) is 0 Å². The number of hydrogen-bond donors (Lipinski definition) is 2. The van der Waals surface area contributed by atoms with Crippen molar-refractivity contribution in [3.05, 3.63) is 28.2 Å². The molecule has 0 bridgehead atoms. The average Bonchev–Trinajstić information content (AvgIpc) is 3.04. The van der Waals surface area contributed by atoms with Crippen molar-refractivity contribution in [3.8, 4) is 0 Å². The minimum absolute atomic E-state index is 0.616. The molecule has 0 unspecified atom stereocenters. The molecule has 1 saturated carbocycles. The molecule has 0 atom stereocenters. The highest BCUT2D eigenvalue weighted by Gasteiger charge is 2.39. The molecule has 1 aromatic rings. The monoisotopic (exact) mass is 282 g/mol. The van der Waals surface area contributed by atoms with E-state index in [1.165, 1.54) is 24.8 Å². The van der Waals surface area contributed by atoms with E-state index in [2.05, 4.69) is 40.3 Å². The third-order valence-corrected chi connectivity index (χ3v) is 4.29. The second kappa shape index (κ2) is 4.76. The zero-order valence-electron chi connectivity index (χ0n) is 9.72. The van der Waals surface area contributed by atoms with Gasteiger partial charge in [-0.15, -0.1) is 0 Å². The topological polar surface area (TPSA) is 38.0 Å². The Balaban J connectivity index is 1.83. The van der Waals surface area contributed by atoms with Crippen molar-refractivity contribution < 1.29 is 0 Å². The summed E-state index contributed by atoms with van der Waals surface area (Å²) in [5, 5.41) is 3.54. The molecule has 16 heavy (non-hydrogen) atoms. The summed E-state index contributed by atoms with van der Waals surface area (Å²) in [4.78, 5) is 0. The summed E-state index contributed by atoms with van der Waals surface area (Å²) in [6.45, 7) is 4.36. The Morgan fingerprint density at radius 1 is 1.44 bits per heavy atom. The van der Waals surface area contributed by atoms with Gasteiger partial charge in [-0.25, -0.2) is 0 Å². The third kappa shape index (κ3) is 2.77. The Morgan fingerprint density at radius 3 is 2.75 bits per heavy atom. The van der Waals surface area contributed by atoms with Gasteiger partial charge in [0.1, 0.15) is 0 Å². The molecule has 0 saturated heterocycles. The van der Waals surface area contributed by atoms with Crippen LogP contribution in [0.3, 0.4) is 0 Å². The molecular weight excluding hydrogens is 264 g/mol.